The number of hydrogen-bond acceptors (Lipinski definition) is 15. The van der Waals surface area contributed by atoms with Gasteiger partial charge in [0.05, 0.1) is 53.9 Å². The molecule has 51 heavy (non-hydrogen) atoms. The number of methoxy groups -OCH3 is 1. The van der Waals surface area contributed by atoms with E-state index in [0.717, 1.165) is 0 Å². The average molecular weight is 735 g/mol. The maximum Gasteiger partial charge on any atom is 0.311 e. The van der Waals surface area contributed by atoms with Crippen molar-refractivity contribution >= 4 is 11.7 Å². The Labute approximate surface area is 303 Å². The second-order valence-corrected chi connectivity index (χ2v) is 15.9. The first-order chi connectivity index (χ1) is 23.6. The molecule has 0 aliphatic carbocycles. The molecule has 0 aromatic carbocycles. The average Bonchev–Trinajstić information content (AvgIpc) is 3.05. The lowest BCUT2D eigenvalue weighted by Crippen LogP contribution is -2.60. The molecule has 0 spiro atoms. The second-order valence-electron chi connectivity index (χ2n) is 15.9. The highest BCUT2D eigenvalue weighted by Gasteiger charge is 2.52. The molecule has 3 rings (SSSR count). The topological polar surface area (TPSA) is 209 Å². The van der Waals surface area contributed by atoms with Crippen molar-refractivity contribution in [1.82, 2.24) is 4.90 Å². The molecule has 3 saturated heterocycles. The van der Waals surface area contributed by atoms with Crippen LogP contribution in [0.1, 0.15) is 88.0 Å². The molecule has 0 bridgehead atoms. The first-order valence-electron chi connectivity index (χ1n) is 18.3. The molecule has 18 atom stereocenters. The Morgan fingerprint density at radius 1 is 0.941 bits per heavy atom. The van der Waals surface area contributed by atoms with Gasteiger partial charge in [0.25, 0.3) is 0 Å². The van der Waals surface area contributed by atoms with E-state index in [1.807, 2.05) is 25.9 Å². The summed E-state index contributed by atoms with van der Waals surface area (Å²) in [7, 11) is 5.18. The van der Waals surface area contributed by atoms with E-state index in [2.05, 4.69) is 5.16 Å². The molecule has 3 fully saturated rings. The number of carbonyl (C=O) groups is 1. The molecule has 0 radical (unpaired) electrons. The van der Waals surface area contributed by atoms with Gasteiger partial charge in [-0.1, -0.05) is 32.9 Å². The first kappa shape index (κ1) is 43.9. The molecule has 0 amide bonds. The van der Waals surface area contributed by atoms with Crippen LogP contribution in [0.3, 0.4) is 0 Å². The lowest BCUT2D eigenvalue weighted by molar-refractivity contribution is -0.311. The zero-order chi connectivity index (χ0) is 38.7. The molecule has 6 N–H and O–H groups in total. The third-order valence-electron chi connectivity index (χ3n) is 11.5. The normalized spacial score (nSPS) is 49.1. The molecule has 0 saturated carbocycles. The lowest BCUT2D eigenvalue weighted by Gasteiger charge is -2.48. The summed E-state index contributed by atoms with van der Waals surface area (Å²) in [6.45, 7) is 14.9. The number of hydrogen-bond donors (Lipinski definition) is 6. The van der Waals surface area contributed by atoms with E-state index >= 15 is 0 Å². The van der Waals surface area contributed by atoms with Crippen LogP contribution in [0, 0.1) is 23.7 Å². The lowest BCUT2D eigenvalue weighted by atomic mass is 9.73. The third-order valence-corrected chi connectivity index (χ3v) is 11.5. The zero-order valence-electron chi connectivity index (χ0n) is 32.5. The molecule has 0 aromatic rings. The fourth-order valence-corrected chi connectivity index (χ4v) is 8.35. The number of ether oxygens (including phenoxy) is 6. The van der Waals surface area contributed by atoms with Gasteiger partial charge in [-0.15, -0.1) is 0 Å². The smallest absolute Gasteiger partial charge is 0.311 e. The van der Waals surface area contributed by atoms with Crippen LogP contribution in [0.5, 0.6) is 0 Å². The summed E-state index contributed by atoms with van der Waals surface area (Å²) < 4.78 is 36.8. The molecular formula is C36H66N2O13. The van der Waals surface area contributed by atoms with Crippen molar-refractivity contribution in [3.63, 3.8) is 0 Å². The molecule has 15 nitrogen and oxygen atoms in total. The standard InChI is InChI=1S/C36H66N2O13/c1-13-25-36(9,44)31(41)19(4)27(37-45)17(2)16-35(8,43)32(51-34-29(40)23(38(10)11)14-18(3)47-34)20(5)30(21(6)33(42)49-25)50-26-15-24(46-12)28(39)22(7)48-26/h17-26,28-32,34,39-41,43-45H,13-16H2,1-12H3/b37-27-/t17-,18?,19+,20+,21-,22?,23?,24?,25-,26?,28?,29?,30+,31-,32-,34?,35-,36-/m1/s1. The summed E-state index contributed by atoms with van der Waals surface area (Å²) in [5.74, 6) is -4.21. The fraction of sp³-hybridized carbons (Fsp3) is 0.944. The molecule has 15 heteroatoms. The maximum absolute atomic E-state index is 14.1. The number of aliphatic hydroxyl groups is 5. The van der Waals surface area contributed by atoms with Gasteiger partial charge in [0.15, 0.2) is 12.6 Å². The number of aliphatic hydroxyl groups excluding tert-OH is 3. The SMILES string of the molecule is CC[C@H]1OC(=O)[C@H](C)[C@@H](OC2CC(OC)C(O)C(C)O2)[C@H](C)[C@@H](OC2OC(C)CC(N(C)C)C2O)[C@](C)(O)C[C@@H](C)/C(=N/O)[C@H](C)[C@@H](O)[C@]1(C)O. The van der Waals surface area contributed by atoms with Gasteiger partial charge >= 0.3 is 5.97 Å². The fourth-order valence-electron chi connectivity index (χ4n) is 8.35. The van der Waals surface area contributed by atoms with Crippen molar-refractivity contribution in [3.05, 3.63) is 0 Å². The molecule has 8 unspecified atom stereocenters. The highest BCUT2D eigenvalue weighted by molar-refractivity contribution is 5.88. The second kappa shape index (κ2) is 17.8. The van der Waals surface area contributed by atoms with E-state index in [9.17, 15) is 35.5 Å². The van der Waals surface area contributed by atoms with Crippen molar-refractivity contribution in [2.45, 2.75) is 173 Å². The van der Waals surface area contributed by atoms with E-state index in [1.54, 1.807) is 48.5 Å². The van der Waals surface area contributed by atoms with Crippen molar-refractivity contribution in [2.24, 2.45) is 28.8 Å². The first-order valence-corrected chi connectivity index (χ1v) is 18.3. The Bertz CT molecular complexity index is 1150. The van der Waals surface area contributed by atoms with Gasteiger partial charge in [0.1, 0.15) is 23.9 Å². The summed E-state index contributed by atoms with van der Waals surface area (Å²) in [6, 6.07) is -0.318. The number of esters is 1. The van der Waals surface area contributed by atoms with Crippen LogP contribution in [-0.4, -0.2) is 153 Å². The van der Waals surface area contributed by atoms with Crippen LogP contribution < -0.4 is 0 Å². The summed E-state index contributed by atoms with van der Waals surface area (Å²) in [4.78, 5) is 16.0. The van der Waals surface area contributed by atoms with Crippen molar-refractivity contribution in [1.29, 1.82) is 0 Å². The molecule has 3 aliphatic heterocycles. The minimum Gasteiger partial charge on any atom is -0.459 e. The highest BCUT2D eigenvalue weighted by atomic mass is 16.7. The van der Waals surface area contributed by atoms with Gasteiger partial charge in [-0.3, -0.25) is 4.79 Å². The quantitative estimate of drug-likeness (QED) is 0.125. The molecule has 298 valence electrons. The molecule has 0 aromatic heterocycles. The summed E-state index contributed by atoms with van der Waals surface area (Å²) in [5, 5.41) is 71.4. The number of rotatable bonds is 7. The van der Waals surface area contributed by atoms with Crippen molar-refractivity contribution in [2.75, 3.05) is 21.2 Å². The van der Waals surface area contributed by atoms with E-state index < -0.39 is 102 Å². The monoisotopic (exact) mass is 734 g/mol. The summed E-state index contributed by atoms with van der Waals surface area (Å²) in [5.41, 5.74) is -3.61. The Balaban J connectivity index is 2.19. The van der Waals surface area contributed by atoms with Crippen molar-refractivity contribution in [3.8, 4) is 0 Å². The van der Waals surface area contributed by atoms with E-state index in [1.165, 1.54) is 14.0 Å². The Morgan fingerprint density at radius 3 is 2.12 bits per heavy atom. The van der Waals surface area contributed by atoms with Gasteiger partial charge < -0.3 is 64.1 Å². The van der Waals surface area contributed by atoms with E-state index in [4.69, 9.17) is 28.4 Å². The molecule has 3 aliphatic rings. The van der Waals surface area contributed by atoms with Gasteiger partial charge in [-0.25, -0.2) is 0 Å². The predicted molar refractivity (Wildman–Crippen MR) is 186 cm³/mol. The van der Waals surface area contributed by atoms with Gasteiger partial charge in [0.2, 0.25) is 0 Å². The minimum atomic E-state index is -1.96. The van der Waals surface area contributed by atoms with Crippen LogP contribution in [-0.2, 0) is 33.2 Å². The van der Waals surface area contributed by atoms with Gasteiger partial charge in [-0.2, -0.15) is 0 Å². The highest BCUT2D eigenvalue weighted by Crippen LogP contribution is 2.40. The maximum atomic E-state index is 14.1. The van der Waals surface area contributed by atoms with Crippen LogP contribution in [0.2, 0.25) is 0 Å². The van der Waals surface area contributed by atoms with Crippen LogP contribution in [0.4, 0.5) is 0 Å². The van der Waals surface area contributed by atoms with Gasteiger partial charge in [0, 0.05) is 37.3 Å². The summed E-state index contributed by atoms with van der Waals surface area (Å²) in [6.07, 6.45) is -9.93. The van der Waals surface area contributed by atoms with E-state index in [-0.39, 0.29) is 37.1 Å². The Hall–Kier alpha value is -1.50. The number of likely N-dealkylation sites (N-methyl/N-ethyl adjacent to an activating group) is 1. The Morgan fingerprint density at radius 2 is 1.57 bits per heavy atom. The largest absolute Gasteiger partial charge is 0.459 e. The Kier molecular flexibility index (Phi) is 15.3. The van der Waals surface area contributed by atoms with Crippen LogP contribution >= 0.6 is 0 Å². The number of oxime groups is 1. The van der Waals surface area contributed by atoms with Gasteiger partial charge in [-0.05, 0) is 68.0 Å². The van der Waals surface area contributed by atoms with Crippen LogP contribution in [0.15, 0.2) is 5.16 Å². The number of cyclic esters (lactones) is 1. The van der Waals surface area contributed by atoms with Crippen LogP contribution in [0.25, 0.3) is 0 Å². The number of carbonyl (C=O) groups excluding carboxylic acids is 1. The minimum absolute atomic E-state index is 0.0618. The third kappa shape index (κ3) is 9.79. The predicted octanol–water partition coefficient (Wildman–Crippen LogP) is 1.66. The zero-order valence-corrected chi connectivity index (χ0v) is 32.5. The number of nitrogens with zero attached hydrogens (tertiary/aromatic N) is 2. The summed E-state index contributed by atoms with van der Waals surface area (Å²) >= 11 is 0. The van der Waals surface area contributed by atoms with Crippen molar-refractivity contribution < 1.29 is 64.0 Å². The molecule has 3 heterocycles. The van der Waals surface area contributed by atoms with E-state index in [0.29, 0.717) is 6.42 Å². The molecular weight excluding hydrogens is 668 g/mol.